The third-order valence-corrected chi connectivity index (χ3v) is 5.63. The third-order valence-electron chi connectivity index (χ3n) is 4.77. The van der Waals surface area contributed by atoms with Gasteiger partial charge >= 0.3 is 11.8 Å². The van der Waals surface area contributed by atoms with E-state index in [0.717, 1.165) is 16.8 Å². The molecule has 9 heteroatoms. The van der Waals surface area contributed by atoms with Crippen LogP contribution < -0.4 is 10.6 Å². The minimum atomic E-state index is -0.718. The third kappa shape index (κ3) is 4.46. The highest BCUT2D eigenvalue weighted by Gasteiger charge is 2.16. The molecule has 2 amide bonds. The zero-order chi connectivity index (χ0) is 22.0. The summed E-state index contributed by atoms with van der Waals surface area (Å²) in [4.78, 5) is 29.3. The highest BCUT2D eigenvalue weighted by Crippen LogP contribution is 2.23. The molecular weight excluding hydrogens is 417 g/mol. The molecule has 0 saturated carbocycles. The Morgan fingerprint density at radius 1 is 1.13 bits per heavy atom. The maximum absolute atomic E-state index is 14.0. The molecule has 2 heterocycles. The first-order valence-corrected chi connectivity index (χ1v) is 10.5. The van der Waals surface area contributed by atoms with Gasteiger partial charge in [-0.25, -0.2) is 8.91 Å². The van der Waals surface area contributed by atoms with Crippen LogP contribution in [0.2, 0.25) is 0 Å². The molecule has 0 unspecified atom stereocenters. The molecule has 2 aromatic heterocycles. The molecule has 0 atom stereocenters. The lowest BCUT2D eigenvalue weighted by Gasteiger charge is -2.09. The standard InChI is InChI=1S/C22H20FN5O2S/c1-13-7-8-18(14(2)11-13)25-21(30)20(29)24-10-9-15-12-31-22-26-19(27-28(15)22)16-5-3-4-6-17(16)23/h3-8,11-12H,9-10H2,1-2H3,(H,24,29)(H,25,30). The van der Waals surface area contributed by atoms with Crippen LogP contribution in [0, 0.1) is 19.7 Å². The zero-order valence-electron chi connectivity index (χ0n) is 17.0. The Bertz CT molecular complexity index is 1280. The van der Waals surface area contributed by atoms with Gasteiger partial charge in [-0.1, -0.05) is 29.8 Å². The molecule has 0 aliphatic carbocycles. The first-order chi connectivity index (χ1) is 14.9. The minimum Gasteiger partial charge on any atom is -0.347 e. The van der Waals surface area contributed by atoms with Crippen molar-refractivity contribution in [3.8, 4) is 11.4 Å². The Balaban J connectivity index is 1.37. The quantitative estimate of drug-likeness (QED) is 0.468. The SMILES string of the molecule is Cc1ccc(NC(=O)C(=O)NCCc2csc3nc(-c4ccccc4F)nn23)c(C)c1. The Labute approximate surface area is 181 Å². The van der Waals surface area contributed by atoms with Crippen molar-refractivity contribution >= 4 is 33.8 Å². The summed E-state index contributed by atoms with van der Waals surface area (Å²) in [6.07, 6.45) is 0.447. The van der Waals surface area contributed by atoms with Crippen molar-refractivity contribution in [2.75, 3.05) is 11.9 Å². The second-order valence-corrected chi connectivity index (χ2v) is 7.95. The molecule has 158 valence electrons. The summed E-state index contributed by atoms with van der Waals surface area (Å²) in [5.74, 6) is -1.51. The van der Waals surface area contributed by atoms with Crippen molar-refractivity contribution in [2.24, 2.45) is 0 Å². The Morgan fingerprint density at radius 2 is 1.94 bits per heavy atom. The van der Waals surface area contributed by atoms with Gasteiger partial charge < -0.3 is 10.6 Å². The van der Waals surface area contributed by atoms with Crippen LogP contribution in [0.3, 0.4) is 0 Å². The number of hydrogen-bond acceptors (Lipinski definition) is 5. The summed E-state index contributed by atoms with van der Waals surface area (Å²) >= 11 is 1.38. The highest BCUT2D eigenvalue weighted by atomic mass is 32.1. The molecule has 0 aliphatic rings. The molecule has 0 spiro atoms. The summed E-state index contributed by atoms with van der Waals surface area (Å²) in [7, 11) is 0. The van der Waals surface area contributed by atoms with Crippen LogP contribution in [0.5, 0.6) is 0 Å². The number of hydrogen-bond donors (Lipinski definition) is 2. The summed E-state index contributed by atoms with van der Waals surface area (Å²) in [5.41, 5.74) is 3.71. The van der Waals surface area contributed by atoms with Crippen LogP contribution in [0.25, 0.3) is 16.3 Å². The number of anilines is 1. The molecule has 31 heavy (non-hydrogen) atoms. The predicted octanol–water partition coefficient (Wildman–Crippen LogP) is 3.51. The molecule has 2 aromatic carbocycles. The normalized spacial score (nSPS) is 10.9. The van der Waals surface area contributed by atoms with Gasteiger partial charge in [0.2, 0.25) is 4.96 Å². The first kappa shape index (κ1) is 20.7. The van der Waals surface area contributed by atoms with E-state index in [1.54, 1.807) is 28.8 Å². The second kappa shape index (κ2) is 8.65. The maximum Gasteiger partial charge on any atom is 0.313 e. The van der Waals surface area contributed by atoms with Crippen molar-refractivity contribution in [2.45, 2.75) is 20.3 Å². The number of carbonyl (C=O) groups excluding carboxylic acids is 2. The zero-order valence-corrected chi connectivity index (χ0v) is 17.8. The van der Waals surface area contributed by atoms with E-state index in [1.165, 1.54) is 17.4 Å². The number of rotatable bonds is 5. The monoisotopic (exact) mass is 437 g/mol. The van der Waals surface area contributed by atoms with Gasteiger partial charge in [0.25, 0.3) is 0 Å². The van der Waals surface area contributed by atoms with Crippen LogP contribution in [0.1, 0.15) is 16.8 Å². The van der Waals surface area contributed by atoms with E-state index in [0.29, 0.717) is 28.5 Å². The number of amides is 2. The Kier molecular flexibility index (Phi) is 5.77. The Morgan fingerprint density at radius 3 is 2.71 bits per heavy atom. The number of thiazole rings is 1. The van der Waals surface area contributed by atoms with Crippen LogP contribution >= 0.6 is 11.3 Å². The summed E-state index contributed by atoms with van der Waals surface area (Å²) in [6, 6.07) is 11.9. The number of fused-ring (bicyclic) bond motifs is 1. The number of nitrogens with one attached hydrogen (secondary N) is 2. The molecule has 0 saturated heterocycles. The lowest BCUT2D eigenvalue weighted by molar-refractivity contribution is -0.136. The van der Waals surface area contributed by atoms with Gasteiger partial charge in [0.15, 0.2) is 5.82 Å². The van der Waals surface area contributed by atoms with Crippen molar-refractivity contribution in [3.05, 3.63) is 70.5 Å². The van der Waals surface area contributed by atoms with E-state index >= 15 is 0 Å². The van der Waals surface area contributed by atoms with E-state index in [1.807, 2.05) is 31.4 Å². The number of carbonyl (C=O) groups is 2. The fourth-order valence-corrected chi connectivity index (χ4v) is 4.03. The summed E-state index contributed by atoms with van der Waals surface area (Å²) in [5, 5.41) is 11.5. The van der Waals surface area contributed by atoms with Crippen molar-refractivity contribution < 1.29 is 14.0 Å². The second-order valence-electron chi connectivity index (χ2n) is 7.12. The largest absolute Gasteiger partial charge is 0.347 e. The van der Waals surface area contributed by atoms with Crippen LogP contribution in [-0.2, 0) is 16.0 Å². The van der Waals surface area contributed by atoms with Crippen molar-refractivity contribution in [1.82, 2.24) is 19.9 Å². The number of nitrogens with zero attached hydrogens (tertiary/aromatic N) is 3. The van der Waals surface area contributed by atoms with E-state index in [2.05, 4.69) is 20.7 Å². The molecule has 0 bridgehead atoms. The molecule has 2 N–H and O–H groups in total. The molecule has 4 aromatic rings. The van der Waals surface area contributed by atoms with Gasteiger partial charge in [-0.2, -0.15) is 4.98 Å². The van der Waals surface area contributed by atoms with Crippen LogP contribution in [-0.4, -0.2) is 33.0 Å². The smallest absolute Gasteiger partial charge is 0.313 e. The first-order valence-electron chi connectivity index (χ1n) is 9.67. The topological polar surface area (TPSA) is 88.4 Å². The van der Waals surface area contributed by atoms with Crippen LogP contribution in [0.15, 0.2) is 47.8 Å². The highest BCUT2D eigenvalue weighted by molar-refractivity contribution is 7.15. The fraction of sp³-hybridized carbons (Fsp3) is 0.182. The minimum absolute atomic E-state index is 0.250. The number of benzene rings is 2. The molecule has 4 rings (SSSR count). The van der Waals surface area contributed by atoms with Gasteiger partial charge in [-0.15, -0.1) is 16.4 Å². The van der Waals surface area contributed by atoms with E-state index in [9.17, 15) is 14.0 Å². The lowest BCUT2D eigenvalue weighted by atomic mass is 10.1. The lowest BCUT2D eigenvalue weighted by Crippen LogP contribution is -2.36. The number of aryl methyl sites for hydroxylation is 2. The van der Waals surface area contributed by atoms with E-state index in [4.69, 9.17) is 0 Å². The number of halogens is 1. The summed E-state index contributed by atoms with van der Waals surface area (Å²) < 4.78 is 15.6. The van der Waals surface area contributed by atoms with Gasteiger partial charge in [0, 0.05) is 24.0 Å². The average molecular weight is 438 g/mol. The van der Waals surface area contributed by atoms with Gasteiger partial charge in [0.1, 0.15) is 5.82 Å². The van der Waals surface area contributed by atoms with Crippen molar-refractivity contribution in [3.63, 3.8) is 0 Å². The van der Waals surface area contributed by atoms with Crippen molar-refractivity contribution in [1.29, 1.82) is 0 Å². The predicted molar refractivity (Wildman–Crippen MR) is 118 cm³/mol. The van der Waals surface area contributed by atoms with Crippen LogP contribution in [0.4, 0.5) is 10.1 Å². The van der Waals surface area contributed by atoms with E-state index in [-0.39, 0.29) is 12.4 Å². The molecule has 7 nitrogen and oxygen atoms in total. The average Bonchev–Trinajstić information content (AvgIpc) is 3.32. The molecule has 0 radical (unpaired) electrons. The molecule has 0 fully saturated rings. The summed E-state index contributed by atoms with van der Waals surface area (Å²) in [6.45, 7) is 4.08. The van der Waals surface area contributed by atoms with Gasteiger partial charge in [-0.3, -0.25) is 9.59 Å². The van der Waals surface area contributed by atoms with Gasteiger partial charge in [-0.05, 0) is 37.6 Å². The molecular formula is C22H20FN5O2S. The number of aromatic nitrogens is 3. The van der Waals surface area contributed by atoms with E-state index < -0.39 is 11.8 Å². The van der Waals surface area contributed by atoms with Gasteiger partial charge in [0.05, 0.1) is 11.3 Å². The molecule has 0 aliphatic heterocycles. The fourth-order valence-electron chi connectivity index (χ4n) is 3.17. The Hall–Kier alpha value is -3.59. The maximum atomic E-state index is 14.0.